The Balaban J connectivity index is 1.35. The highest BCUT2D eigenvalue weighted by Crippen LogP contribution is 2.14. The van der Waals surface area contributed by atoms with Crippen LogP contribution in [-0.4, -0.2) is 21.4 Å². The Labute approximate surface area is 174 Å². The SMILES string of the molecule is O=C(Nc1ccc(C(=O)Nc2ccccc2)cc1)c1ccc(Cn2ccnc2)cc1. The van der Waals surface area contributed by atoms with Crippen LogP contribution >= 0.6 is 0 Å². The minimum Gasteiger partial charge on any atom is -0.333 e. The van der Waals surface area contributed by atoms with E-state index in [9.17, 15) is 9.59 Å². The van der Waals surface area contributed by atoms with Gasteiger partial charge in [-0.25, -0.2) is 4.98 Å². The summed E-state index contributed by atoms with van der Waals surface area (Å²) in [6, 6.07) is 23.5. The van der Waals surface area contributed by atoms with Crippen LogP contribution in [0, 0.1) is 0 Å². The molecule has 6 nitrogen and oxygen atoms in total. The van der Waals surface area contributed by atoms with Crippen LogP contribution in [0.2, 0.25) is 0 Å². The number of carbonyl (C=O) groups excluding carboxylic acids is 2. The number of anilines is 2. The van der Waals surface area contributed by atoms with Gasteiger partial charge >= 0.3 is 0 Å². The summed E-state index contributed by atoms with van der Waals surface area (Å²) in [5, 5.41) is 5.69. The van der Waals surface area contributed by atoms with E-state index in [2.05, 4.69) is 15.6 Å². The van der Waals surface area contributed by atoms with E-state index in [1.54, 1.807) is 48.9 Å². The lowest BCUT2D eigenvalue weighted by atomic mass is 10.1. The molecule has 0 saturated carbocycles. The van der Waals surface area contributed by atoms with Crippen molar-refractivity contribution in [1.82, 2.24) is 9.55 Å². The zero-order chi connectivity index (χ0) is 20.8. The van der Waals surface area contributed by atoms with Crippen LogP contribution in [0.4, 0.5) is 11.4 Å². The first kappa shape index (κ1) is 19.1. The third kappa shape index (κ3) is 4.80. The third-order valence-corrected chi connectivity index (χ3v) is 4.58. The predicted molar refractivity (Wildman–Crippen MR) is 117 cm³/mol. The molecule has 30 heavy (non-hydrogen) atoms. The average molecular weight is 396 g/mol. The van der Waals surface area contributed by atoms with E-state index in [0.717, 1.165) is 11.3 Å². The molecule has 2 amide bonds. The summed E-state index contributed by atoms with van der Waals surface area (Å²) in [6.45, 7) is 0.703. The fourth-order valence-electron chi connectivity index (χ4n) is 2.99. The van der Waals surface area contributed by atoms with Crippen LogP contribution in [0.15, 0.2) is 97.6 Å². The number of amides is 2. The van der Waals surface area contributed by atoms with Gasteiger partial charge < -0.3 is 15.2 Å². The summed E-state index contributed by atoms with van der Waals surface area (Å²) in [7, 11) is 0. The Bertz CT molecular complexity index is 1120. The molecule has 1 aromatic heterocycles. The molecule has 0 bridgehead atoms. The van der Waals surface area contributed by atoms with Gasteiger partial charge in [-0.3, -0.25) is 9.59 Å². The summed E-state index contributed by atoms with van der Waals surface area (Å²) in [5.74, 6) is -0.404. The number of hydrogen-bond acceptors (Lipinski definition) is 3. The standard InChI is InChI=1S/C24H20N4O2/c29-23(19-8-6-18(7-9-19)16-28-15-14-25-17-28)27-22-12-10-20(11-13-22)24(30)26-21-4-2-1-3-5-21/h1-15,17H,16H2,(H,26,30)(H,27,29). The van der Waals surface area contributed by atoms with Gasteiger partial charge in [-0.15, -0.1) is 0 Å². The zero-order valence-corrected chi connectivity index (χ0v) is 16.2. The average Bonchev–Trinajstić information content (AvgIpc) is 3.28. The summed E-state index contributed by atoms with van der Waals surface area (Å²) in [6.07, 6.45) is 5.38. The van der Waals surface area contributed by atoms with Gasteiger partial charge in [0.15, 0.2) is 0 Å². The summed E-state index contributed by atoms with van der Waals surface area (Å²) >= 11 is 0. The van der Waals surface area contributed by atoms with Gasteiger partial charge in [0, 0.05) is 41.4 Å². The molecule has 6 heteroatoms. The maximum atomic E-state index is 12.5. The molecule has 4 aromatic rings. The second-order valence-corrected chi connectivity index (χ2v) is 6.78. The Hall–Kier alpha value is -4.19. The highest BCUT2D eigenvalue weighted by atomic mass is 16.2. The van der Waals surface area contributed by atoms with E-state index in [1.165, 1.54) is 0 Å². The monoisotopic (exact) mass is 396 g/mol. The predicted octanol–water partition coefficient (Wildman–Crippen LogP) is 4.44. The van der Waals surface area contributed by atoms with Crippen molar-refractivity contribution in [3.8, 4) is 0 Å². The second kappa shape index (κ2) is 8.87. The molecule has 1 heterocycles. The molecule has 0 atom stereocenters. The molecule has 0 unspecified atom stereocenters. The molecular weight excluding hydrogens is 376 g/mol. The van der Waals surface area contributed by atoms with Gasteiger partial charge in [-0.2, -0.15) is 0 Å². The summed E-state index contributed by atoms with van der Waals surface area (Å²) < 4.78 is 1.96. The lowest BCUT2D eigenvalue weighted by Gasteiger charge is -2.08. The number of hydrogen-bond donors (Lipinski definition) is 2. The molecule has 0 radical (unpaired) electrons. The molecule has 148 valence electrons. The zero-order valence-electron chi connectivity index (χ0n) is 16.2. The maximum Gasteiger partial charge on any atom is 0.255 e. The van der Waals surface area contributed by atoms with Gasteiger partial charge in [0.2, 0.25) is 0 Å². The number of rotatable bonds is 6. The van der Waals surface area contributed by atoms with Crippen LogP contribution in [0.25, 0.3) is 0 Å². The number of nitrogens with one attached hydrogen (secondary N) is 2. The number of imidazole rings is 1. The highest BCUT2D eigenvalue weighted by molar-refractivity contribution is 6.06. The normalized spacial score (nSPS) is 10.4. The van der Waals surface area contributed by atoms with Gasteiger partial charge in [0.05, 0.1) is 6.33 Å². The van der Waals surface area contributed by atoms with E-state index < -0.39 is 0 Å². The van der Waals surface area contributed by atoms with Crippen molar-refractivity contribution in [2.24, 2.45) is 0 Å². The van der Waals surface area contributed by atoms with Crippen molar-refractivity contribution in [2.75, 3.05) is 10.6 Å². The maximum absolute atomic E-state index is 12.5. The van der Waals surface area contributed by atoms with Crippen LogP contribution in [0.5, 0.6) is 0 Å². The van der Waals surface area contributed by atoms with Gasteiger partial charge in [0.25, 0.3) is 11.8 Å². The van der Waals surface area contributed by atoms with Crippen molar-refractivity contribution in [3.05, 3.63) is 114 Å². The number of para-hydroxylation sites is 1. The van der Waals surface area contributed by atoms with Crippen LogP contribution in [0.3, 0.4) is 0 Å². The fraction of sp³-hybridized carbons (Fsp3) is 0.0417. The van der Waals surface area contributed by atoms with Crippen molar-refractivity contribution in [2.45, 2.75) is 6.54 Å². The highest BCUT2D eigenvalue weighted by Gasteiger charge is 2.09. The number of benzene rings is 3. The van der Waals surface area contributed by atoms with E-state index >= 15 is 0 Å². The van der Waals surface area contributed by atoms with Gasteiger partial charge in [0.1, 0.15) is 0 Å². The van der Waals surface area contributed by atoms with E-state index in [1.807, 2.05) is 53.2 Å². The lowest BCUT2D eigenvalue weighted by Crippen LogP contribution is -2.13. The minimum absolute atomic E-state index is 0.201. The van der Waals surface area contributed by atoms with Crippen LogP contribution in [0.1, 0.15) is 26.3 Å². The van der Waals surface area contributed by atoms with Crippen molar-refractivity contribution in [1.29, 1.82) is 0 Å². The molecule has 0 aliphatic heterocycles. The minimum atomic E-state index is -0.203. The largest absolute Gasteiger partial charge is 0.333 e. The summed E-state index contributed by atoms with van der Waals surface area (Å²) in [5.41, 5.74) is 3.52. The smallest absolute Gasteiger partial charge is 0.255 e. The van der Waals surface area contributed by atoms with Crippen molar-refractivity contribution >= 4 is 23.2 Å². The Kier molecular flexibility index (Phi) is 5.66. The van der Waals surface area contributed by atoms with E-state index in [-0.39, 0.29) is 11.8 Å². The third-order valence-electron chi connectivity index (χ3n) is 4.58. The topological polar surface area (TPSA) is 76.0 Å². The number of carbonyl (C=O) groups is 2. The first-order valence-electron chi connectivity index (χ1n) is 9.50. The second-order valence-electron chi connectivity index (χ2n) is 6.78. The van der Waals surface area contributed by atoms with Crippen LogP contribution in [-0.2, 0) is 6.54 Å². The van der Waals surface area contributed by atoms with Gasteiger partial charge in [-0.05, 0) is 54.1 Å². The Morgan fingerprint density at radius 2 is 1.30 bits per heavy atom. The lowest BCUT2D eigenvalue weighted by molar-refractivity contribution is 0.102. The molecule has 0 aliphatic rings. The van der Waals surface area contributed by atoms with E-state index in [0.29, 0.717) is 23.4 Å². The summed E-state index contributed by atoms with van der Waals surface area (Å²) in [4.78, 5) is 28.8. The Morgan fingerprint density at radius 3 is 1.87 bits per heavy atom. The molecule has 2 N–H and O–H groups in total. The molecule has 0 fully saturated rings. The molecule has 3 aromatic carbocycles. The van der Waals surface area contributed by atoms with Gasteiger partial charge in [-0.1, -0.05) is 30.3 Å². The quantitative estimate of drug-likeness (QED) is 0.506. The molecule has 4 rings (SSSR count). The molecular formula is C24H20N4O2. The molecule has 0 spiro atoms. The van der Waals surface area contributed by atoms with Crippen molar-refractivity contribution in [3.63, 3.8) is 0 Å². The Morgan fingerprint density at radius 1 is 0.733 bits per heavy atom. The van der Waals surface area contributed by atoms with E-state index in [4.69, 9.17) is 0 Å². The fourth-order valence-corrected chi connectivity index (χ4v) is 2.99. The molecule has 0 aliphatic carbocycles. The van der Waals surface area contributed by atoms with Crippen molar-refractivity contribution < 1.29 is 9.59 Å². The van der Waals surface area contributed by atoms with Crippen LogP contribution < -0.4 is 10.6 Å². The first-order chi connectivity index (χ1) is 14.7. The number of nitrogens with zero attached hydrogens (tertiary/aromatic N) is 2. The number of aromatic nitrogens is 2. The molecule has 0 saturated heterocycles. The first-order valence-corrected chi connectivity index (χ1v) is 9.50.